The summed E-state index contributed by atoms with van der Waals surface area (Å²) in [7, 11) is 0. The van der Waals surface area contributed by atoms with Gasteiger partial charge in [-0.3, -0.25) is 9.59 Å². The lowest BCUT2D eigenvalue weighted by Crippen LogP contribution is -2.18. The summed E-state index contributed by atoms with van der Waals surface area (Å²) >= 11 is 0. The van der Waals surface area contributed by atoms with Crippen LogP contribution in [0.3, 0.4) is 0 Å². The SMILES string of the molecule is Cc1ccc(NC(=O)C2[C@H]3CCCC[C@@H]23)cc1NC(=O)C1[C@H]2CCCC[C@H]12. The molecule has 2 N–H and O–H groups in total. The van der Waals surface area contributed by atoms with Crippen LogP contribution in [0.4, 0.5) is 11.4 Å². The van der Waals surface area contributed by atoms with Crippen LogP contribution < -0.4 is 10.6 Å². The van der Waals surface area contributed by atoms with Crippen molar-refractivity contribution in [2.45, 2.75) is 58.3 Å². The van der Waals surface area contributed by atoms with E-state index >= 15 is 0 Å². The molecule has 0 heterocycles. The minimum Gasteiger partial charge on any atom is -0.326 e. The van der Waals surface area contributed by atoms with Gasteiger partial charge in [0.25, 0.3) is 0 Å². The van der Waals surface area contributed by atoms with Gasteiger partial charge in [0.1, 0.15) is 0 Å². The van der Waals surface area contributed by atoms with Crippen LogP contribution in [-0.2, 0) is 9.59 Å². The predicted octanol–water partition coefficient (Wildman–Crippen LogP) is 4.74. The summed E-state index contributed by atoms with van der Waals surface area (Å²) in [4.78, 5) is 25.4. The van der Waals surface area contributed by atoms with Gasteiger partial charge < -0.3 is 10.6 Å². The molecule has 5 rings (SSSR count). The summed E-state index contributed by atoms with van der Waals surface area (Å²) < 4.78 is 0. The molecule has 0 aliphatic heterocycles. The van der Waals surface area contributed by atoms with Crippen LogP contribution in [0.25, 0.3) is 0 Å². The summed E-state index contributed by atoms with van der Waals surface area (Å²) in [6, 6.07) is 5.88. The summed E-state index contributed by atoms with van der Waals surface area (Å²) in [6.07, 6.45) is 9.93. The molecule has 0 spiro atoms. The number of hydrogen-bond acceptors (Lipinski definition) is 2. The number of benzene rings is 1. The summed E-state index contributed by atoms with van der Waals surface area (Å²) in [5, 5.41) is 6.25. The van der Waals surface area contributed by atoms with Crippen molar-refractivity contribution in [2.75, 3.05) is 10.6 Å². The molecule has 4 nitrogen and oxygen atoms in total. The molecule has 0 bridgehead atoms. The van der Waals surface area contributed by atoms with E-state index < -0.39 is 0 Å². The van der Waals surface area contributed by atoms with Crippen LogP contribution in [-0.4, -0.2) is 11.8 Å². The Balaban J connectivity index is 1.23. The van der Waals surface area contributed by atoms with E-state index in [2.05, 4.69) is 10.6 Å². The van der Waals surface area contributed by atoms with E-state index in [0.29, 0.717) is 23.7 Å². The molecular weight excluding hydrogens is 336 g/mol. The molecule has 144 valence electrons. The number of hydrogen-bond donors (Lipinski definition) is 2. The lowest BCUT2D eigenvalue weighted by atomic mass is 10.0. The summed E-state index contributed by atoms with van der Waals surface area (Å²) in [6.45, 7) is 2.01. The molecule has 5 atom stereocenters. The van der Waals surface area contributed by atoms with Crippen molar-refractivity contribution in [1.82, 2.24) is 0 Å². The lowest BCUT2D eigenvalue weighted by Gasteiger charge is -2.12. The maximum atomic E-state index is 12.7. The summed E-state index contributed by atoms with van der Waals surface area (Å²) in [5.74, 6) is 3.21. The van der Waals surface area contributed by atoms with Crippen LogP contribution in [0.5, 0.6) is 0 Å². The highest BCUT2D eigenvalue weighted by Gasteiger charge is 2.55. The Bertz CT molecular complexity index is 750. The molecule has 0 radical (unpaired) electrons. The van der Waals surface area contributed by atoms with Gasteiger partial charge in [-0.05, 0) is 74.0 Å². The Labute approximate surface area is 161 Å². The Morgan fingerprint density at radius 2 is 1.26 bits per heavy atom. The first-order valence-electron chi connectivity index (χ1n) is 10.9. The fourth-order valence-electron chi connectivity index (χ4n) is 6.04. The van der Waals surface area contributed by atoms with E-state index in [1.807, 2.05) is 25.1 Å². The predicted molar refractivity (Wildman–Crippen MR) is 106 cm³/mol. The second kappa shape index (κ2) is 6.65. The number of anilines is 2. The minimum atomic E-state index is 0.168. The molecule has 1 aromatic rings. The first-order chi connectivity index (χ1) is 13.1. The third-order valence-corrected chi connectivity index (χ3v) is 7.68. The van der Waals surface area contributed by atoms with E-state index in [1.54, 1.807) is 0 Å². The van der Waals surface area contributed by atoms with Gasteiger partial charge in [-0.2, -0.15) is 0 Å². The van der Waals surface area contributed by atoms with Crippen LogP contribution in [0.1, 0.15) is 56.9 Å². The first kappa shape index (κ1) is 17.3. The van der Waals surface area contributed by atoms with Crippen LogP contribution in [0, 0.1) is 42.4 Å². The van der Waals surface area contributed by atoms with Crippen molar-refractivity contribution in [1.29, 1.82) is 0 Å². The van der Waals surface area contributed by atoms with Crippen molar-refractivity contribution in [3.05, 3.63) is 23.8 Å². The standard InChI is InChI=1S/C23H30N2O2/c1-13-10-11-14(24-22(26)20-15-6-2-3-7-16(15)20)12-19(13)25-23(27)21-17-8-4-5-9-18(17)21/h10-12,15-18,20-21H,2-9H2,1H3,(H,24,26)(H,25,27)/t15-,16+,17-,18-,20?/m0/s1. The van der Waals surface area contributed by atoms with Gasteiger partial charge in [0.2, 0.25) is 11.8 Å². The topological polar surface area (TPSA) is 58.2 Å². The Hall–Kier alpha value is -1.84. The molecular formula is C23H30N2O2. The zero-order valence-corrected chi connectivity index (χ0v) is 16.2. The van der Waals surface area contributed by atoms with Crippen LogP contribution >= 0.6 is 0 Å². The van der Waals surface area contributed by atoms with E-state index in [-0.39, 0.29) is 23.7 Å². The maximum Gasteiger partial charge on any atom is 0.228 e. The zero-order valence-electron chi connectivity index (χ0n) is 16.2. The van der Waals surface area contributed by atoms with Crippen molar-refractivity contribution in [3.63, 3.8) is 0 Å². The van der Waals surface area contributed by atoms with Crippen molar-refractivity contribution in [2.24, 2.45) is 35.5 Å². The normalized spacial score (nSPS) is 36.2. The molecule has 0 saturated heterocycles. The summed E-state index contributed by atoms with van der Waals surface area (Å²) in [5.41, 5.74) is 2.69. The number of aryl methyl sites for hydroxylation is 1. The van der Waals surface area contributed by atoms with Gasteiger partial charge in [0.15, 0.2) is 0 Å². The minimum absolute atomic E-state index is 0.168. The molecule has 4 saturated carbocycles. The second-order valence-electron chi connectivity index (χ2n) is 9.28. The highest BCUT2D eigenvalue weighted by Crippen LogP contribution is 2.56. The Morgan fingerprint density at radius 1 is 0.778 bits per heavy atom. The number of nitrogens with one attached hydrogen (secondary N) is 2. The van der Waals surface area contributed by atoms with E-state index in [9.17, 15) is 9.59 Å². The lowest BCUT2D eigenvalue weighted by molar-refractivity contribution is -0.118. The Morgan fingerprint density at radius 3 is 1.78 bits per heavy atom. The molecule has 27 heavy (non-hydrogen) atoms. The fraction of sp³-hybridized carbons (Fsp3) is 0.652. The molecule has 0 aromatic heterocycles. The van der Waals surface area contributed by atoms with Crippen molar-refractivity contribution < 1.29 is 9.59 Å². The fourth-order valence-corrected chi connectivity index (χ4v) is 6.04. The van der Waals surface area contributed by atoms with Gasteiger partial charge >= 0.3 is 0 Å². The van der Waals surface area contributed by atoms with Crippen molar-refractivity contribution >= 4 is 23.2 Å². The second-order valence-corrected chi connectivity index (χ2v) is 9.28. The number of carbonyl (C=O) groups excluding carboxylic acids is 2. The first-order valence-corrected chi connectivity index (χ1v) is 10.9. The van der Waals surface area contributed by atoms with E-state index in [0.717, 1.165) is 16.9 Å². The number of fused-ring (bicyclic) bond motifs is 2. The Kier molecular flexibility index (Phi) is 4.25. The average molecular weight is 367 g/mol. The molecule has 1 unspecified atom stereocenters. The van der Waals surface area contributed by atoms with Crippen molar-refractivity contribution in [3.8, 4) is 0 Å². The smallest absolute Gasteiger partial charge is 0.228 e. The van der Waals surface area contributed by atoms with Gasteiger partial charge in [0.05, 0.1) is 0 Å². The van der Waals surface area contributed by atoms with Gasteiger partial charge in [-0.1, -0.05) is 31.7 Å². The molecule has 4 aliphatic rings. The number of rotatable bonds is 4. The quantitative estimate of drug-likeness (QED) is 0.808. The van der Waals surface area contributed by atoms with Gasteiger partial charge in [-0.25, -0.2) is 0 Å². The molecule has 1 aromatic carbocycles. The molecule has 2 amide bonds. The molecule has 4 heteroatoms. The maximum absolute atomic E-state index is 12.7. The van der Waals surface area contributed by atoms with Gasteiger partial charge in [0, 0.05) is 23.2 Å². The number of carbonyl (C=O) groups is 2. The van der Waals surface area contributed by atoms with Crippen LogP contribution in [0.2, 0.25) is 0 Å². The van der Waals surface area contributed by atoms with Crippen LogP contribution in [0.15, 0.2) is 18.2 Å². The van der Waals surface area contributed by atoms with E-state index in [1.165, 1.54) is 51.4 Å². The third-order valence-electron chi connectivity index (χ3n) is 7.68. The monoisotopic (exact) mass is 366 g/mol. The average Bonchev–Trinajstić information content (AvgIpc) is 3.56. The van der Waals surface area contributed by atoms with Gasteiger partial charge in [-0.15, -0.1) is 0 Å². The highest BCUT2D eigenvalue weighted by molar-refractivity contribution is 5.98. The molecule has 4 fully saturated rings. The highest BCUT2D eigenvalue weighted by atomic mass is 16.2. The van der Waals surface area contributed by atoms with E-state index in [4.69, 9.17) is 0 Å². The zero-order chi connectivity index (χ0) is 18.5. The molecule has 4 aliphatic carbocycles. The largest absolute Gasteiger partial charge is 0.326 e. The number of amides is 2. The third kappa shape index (κ3) is 3.17.